The van der Waals surface area contributed by atoms with Crippen molar-refractivity contribution < 1.29 is 14.8 Å². The summed E-state index contributed by atoms with van der Waals surface area (Å²) in [5, 5.41) is 2.61. The van der Waals surface area contributed by atoms with E-state index >= 15 is 0 Å². The Morgan fingerprint density at radius 2 is 0.800 bits per heavy atom. The number of allylic oxidation sites excluding steroid dienone is 4. The van der Waals surface area contributed by atoms with Gasteiger partial charge in [0.15, 0.2) is 0 Å². The number of benzene rings is 4. The predicted molar refractivity (Wildman–Crippen MR) is 220 cm³/mol. The van der Waals surface area contributed by atoms with Crippen LogP contribution in [0.3, 0.4) is 0 Å². The van der Waals surface area contributed by atoms with Crippen LogP contribution >= 0.6 is 17.2 Å². The topological polar surface area (TPSA) is 0 Å². The molecule has 0 radical (unpaired) electrons. The van der Waals surface area contributed by atoms with Crippen LogP contribution in [0.4, 0.5) is 0 Å². The molecule has 0 fully saturated rings. The average molecular weight is 886 g/mol. The Morgan fingerprint density at radius 3 is 1.12 bits per heavy atom. The molecule has 0 heterocycles. The molecule has 4 aromatic carbocycles. The maximum atomic E-state index is 9.02. The zero-order chi connectivity index (χ0) is 36.7. The molecular weight excluding hydrogens is 830 g/mol. The fourth-order valence-corrected chi connectivity index (χ4v) is 65.5. The van der Waals surface area contributed by atoms with E-state index in [2.05, 4.69) is 192 Å². The van der Waals surface area contributed by atoms with Gasteiger partial charge in [0.25, 0.3) is 0 Å². The number of fused-ring (bicyclic) bond motifs is 3. The summed E-state index contributed by atoms with van der Waals surface area (Å²) in [6.45, 7) is 28.3. The van der Waals surface area contributed by atoms with E-state index in [-0.39, 0.29) is 29.0 Å². The first-order chi connectivity index (χ1) is 23.0. The fraction of sp³-hybridized carbons (Fsp3) is 0.391. The van der Waals surface area contributed by atoms with Gasteiger partial charge in [-0.15, -0.1) is 0 Å². The average Bonchev–Trinajstić information content (AvgIpc) is 3.67. The van der Waals surface area contributed by atoms with E-state index in [0.29, 0.717) is 0 Å². The molecule has 0 aliphatic heterocycles. The van der Waals surface area contributed by atoms with Crippen LogP contribution in [-0.4, -0.2) is 5.49 Å². The molecule has 0 N–H and O–H groups in total. The Balaban J connectivity index is 1.92. The first-order valence-corrected chi connectivity index (χ1v) is 38.3. The Morgan fingerprint density at radius 1 is 0.480 bits per heavy atom. The van der Waals surface area contributed by atoms with Crippen molar-refractivity contribution in [1.29, 1.82) is 0 Å². The first-order valence-electron chi connectivity index (χ1n) is 18.3. The normalized spacial score (nSPS) is 15.8. The van der Waals surface area contributed by atoms with Crippen molar-refractivity contribution in [1.82, 2.24) is 0 Å². The molecule has 0 saturated carbocycles. The van der Waals surface area contributed by atoms with Crippen molar-refractivity contribution in [3.63, 3.8) is 0 Å². The molecule has 0 spiro atoms. The van der Waals surface area contributed by atoms with Crippen LogP contribution in [0.25, 0.3) is 11.1 Å². The third-order valence-corrected chi connectivity index (χ3v) is 64.2. The van der Waals surface area contributed by atoms with Crippen LogP contribution in [0.5, 0.6) is 0 Å². The van der Waals surface area contributed by atoms with Gasteiger partial charge in [-0.05, 0) is 0 Å². The van der Waals surface area contributed by atoms with Crippen LogP contribution in [-0.2, 0) is 36.4 Å². The summed E-state index contributed by atoms with van der Waals surface area (Å²) >= 11 is -5.48. The quantitative estimate of drug-likeness (QED) is 0.179. The monoisotopic (exact) mass is 886 g/mol. The molecule has 0 bridgehead atoms. The van der Waals surface area contributed by atoms with E-state index in [1.165, 1.54) is 54.9 Å². The summed E-state index contributed by atoms with van der Waals surface area (Å²) < 4.78 is -0.0912. The summed E-state index contributed by atoms with van der Waals surface area (Å²) in [5.74, 6) is 0. The predicted octanol–water partition coefficient (Wildman–Crippen LogP) is 12.7. The van der Waals surface area contributed by atoms with Gasteiger partial charge in [-0.3, -0.25) is 0 Å². The molecule has 0 saturated heterocycles. The molecular formula is C46H56Cl2HfSi. The second-order valence-electron chi connectivity index (χ2n) is 19.0. The Kier molecular flexibility index (Phi) is 9.50. The van der Waals surface area contributed by atoms with Crippen LogP contribution in [0.2, 0.25) is 3.67 Å². The van der Waals surface area contributed by atoms with Gasteiger partial charge < -0.3 is 0 Å². The molecule has 0 aromatic heterocycles. The van der Waals surface area contributed by atoms with Gasteiger partial charge in [0.2, 0.25) is 0 Å². The molecule has 0 unspecified atom stereocenters. The van der Waals surface area contributed by atoms with Gasteiger partial charge in [0, 0.05) is 0 Å². The van der Waals surface area contributed by atoms with Crippen LogP contribution in [0.1, 0.15) is 120 Å². The van der Waals surface area contributed by atoms with Crippen LogP contribution in [0, 0.1) is 0 Å². The molecule has 0 atom stereocenters. The van der Waals surface area contributed by atoms with Gasteiger partial charge in [-0.2, -0.15) is 0 Å². The molecule has 2 aliphatic rings. The Bertz CT molecular complexity index is 1950. The number of hydrogen-bond donors (Lipinski definition) is 0. The molecule has 4 heteroatoms. The second kappa shape index (κ2) is 12.6. The fourth-order valence-electron chi connectivity index (χ4n) is 8.61. The molecule has 2 aliphatic carbocycles. The van der Waals surface area contributed by atoms with E-state index < -0.39 is 20.3 Å². The van der Waals surface area contributed by atoms with Gasteiger partial charge >= 0.3 is 314 Å². The van der Waals surface area contributed by atoms with Crippen LogP contribution in [0.15, 0.2) is 109 Å². The Labute approximate surface area is 311 Å². The summed E-state index contributed by atoms with van der Waals surface area (Å²) in [7, 11) is 18.0. The molecule has 0 amide bonds. The zero-order valence-corrected chi connectivity index (χ0v) is 38.4. The molecule has 6 rings (SSSR count). The summed E-state index contributed by atoms with van der Waals surface area (Å²) in [6.07, 6.45) is 9.05. The first kappa shape index (κ1) is 37.8. The van der Waals surface area contributed by atoms with E-state index in [1.54, 1.807) is 0 Å². The molecule has 4 aromatic rings. The minimum atomic E-state index is -5.48. The third kappa shape index (κ3) is 6.37. The van der Waals surface area contributed by atoms with E-state index in [9.17, 15) is 0 Å². The van der Waals surface area contributed by atoms with E-state index in [4.69, 9.17) is 17.2 Å². The second-order valence-corrected chi connectivity index (χ2v) is 67.9. The van der Waals surface area contributed by atoms with Gasteiger partial charge in [0.05, 0.1) is 0 Å². The molecule has 50 heavy (non-hydrogen) atoms. The molecule has 262 valence electrons. The van der Waals surface area contributed by atoms with Crippen molar-refractivity contribution in [2.75, 3.05) is 0 Å². The van der Waals surface area contributed by atoms with Gasteiger partial charge in [-0.1, -0.05) is 0 Å². The van der Waals surface area contributed by atoms with Crippen molar-refractivity contribution in [2.45, 2.75) is 112 Å². The summed E-state index contributed by atoms with van der Waals surface area (Å²) in [4.78, 5) is 0. The van der Waals surface area contributed by atoms with E-state index in [0.717, 1.165) is 0 Å². The zero-order valence-electron chi connectivity index (χ0n) is 32.3. The Hall–Kier alpha value is -1.97. The van der Waals surface area contributed by atoms with Crippen LogP contribution < -0.4 is 10.4 Å². The summed E-state index contributed by atoms with van der Waals surface area (Å²) in [5.41, 5.74) is 9.04. The van der Waals surface area contributed by atoms with Gasteiger partial charge in [0.1, 0.15) is 0 Å². The standard InChI is InChI=1S/C29H41.C12H10Si.C5H5.2ClH.Hf/c1-26(2,3)22-14-18-13-19-15-23(27(4,5)6)25(29(10,11)12)17-21(19)20(18)16-24(22)28(7,8)9;1-3-7-11(8-4-1)13-12-9-5-2-6-10-12;1-2-4-5-3-1;;;/h13-17H,1-12H3;1-10H;1-5H;2*1H;/q;;;;;+2/p-2. The van der Waals surface area contributed by atoms with Crippen molar-refractivity contribution in [2.24, 2.45) is 0 Å². The number of hydrogen-bond acceptors (Lipinski definition) is 0. The SMILES string of the molecule is CC(C)(C)c1cc2c(cc1C(C)(C)C)[CH]([Hf]([Cl])([Cl])([CH]1C=CC=C1)=[Si](c1ccccc1)c1ccccc1)c1cc(C(C)(C)C)c(C(C)(C)C)cc1-2. The summed E-state index contributed by atoms with van der Waals surface area (Å²) in [6, 6.07) is 32.3. The number of halogens is 2. The number of rotatable bonds is 4. The van der Waals surface area contributed by atoms with Crippen molar-refractivity contribution >= 4 is 33.0 Å². The van der Waals surface area contributed by atoms with E-state index in [1.807, 2.05) is 0 Å². The molecule has 0 nitrogen and oxygen atoms in total. The maximum absolute atomic E-state index is 9.02. The minimum absolute atomic E-state index is 0.00538. The van der Waals surface area contributed by atoms with Crippen molar-refractivity contribution in [3.8, 4) is 11.1 Å². The van der Waals surface area contributed by atoms with Crippen molar-refractivity contribution in [3.05, 3.63) is 143 Å². The third-order valence-electron chi connectivity index (χ3n) is 11.0. The van der Waals surface area contributed by atoms with Gasteiger partial charge in [-0.25, -0.2) is 0 Å².